The Balaban J connectivity index is 2.09. The number of ether oxygens (including phenoxy) is 1. The van der Waals surface area contributed by atoms with Crippen molar-refractivity contribution in [2.24, 2.45) is 5.41 Å². The Morgan fingerprint density at radius 3 is 2.52 bits per heavy atom. The third-order valence-corrected chi connectivity index (χ3v) is 6.58. The molecule has 0 saturated heterocycles. The van der Waals surface area contributed by atoms with E-state index in [9.17, 15) is 9.90 Å². The van der Waals surface area contributed by atoms with E-state index in [2.05, 4.69) is 26.8 Å². The molecule has 1 atom stereocenters. The fourth-order valence-corrected chi connectivity index (χ4v) is 5.08. The number of hydrogen-bond donors (Lipinski definition) is 1. The highest BCUT2D eigenvalue weighted by Crippen LogP contribution is 2.52. The zero-order chi connectivity index (χ0) is 18.4. The molecule has 0 bridgehead atoms. The standard InChI is InChI=1S/C21H30O3S/c1-12(2)24-18(20(22)23)16-13(3)25-19(15-6-7-15)17(16)14-8-10-21(4,5)11-9-14/h8,12,15,18H,6-7,9-11H2,1-5H3,(H,22,23). The summed E-state index contributed by atoms with van der Waals surface area (Å²) in [4.78, 5) is 14.5. The molecule has 138 valence electrons. The summed E-state index contributed by atoms with van der Waals surface area (Å²) in [5.41, 5.74) is 3.82. The molecule has 0 radical (unpaired) electrons. The maximum atomic E-state index is 12.0. The lowest BCUT2D eigenvalue weighted by atomic mass is 9.76. The van der Waals surface area contributed by atoms with Crippen LogP contribution in [0.3, 0.4) is 0 Å². The number of aliphatic carboxylic acids is 1. The minimum Gasteiger partial charge on any atom is -0.479 e. The highest BCUT2D eigenvalue weighted by atomic mass is 32.1. The highest BCUT2D eigenvalue weighted by Gasteiger charge is 2.37. The molecular formula is C21H30O3S. The van der Waals surface area contributed by atoms with Crippen LogP contribution < -0.4 is 0 Å². The Morgan fingerprint density at radius 2 is 2.04 bits per heavy atom. The van der Waals surface area contributed by atoms with E-state index in [1.165, 1.54) is 28.9 Å². The first-order valence-corrected chi connectivity index (χ1v) is 10.2. The number of hydrogen-bond acceptors (Lipinski definition) is 3. The summed E-state index contributed by atoms with van der Waals surface area (Å²) in [5, 5.41) is 9.83. The Hall–Kier alpha value is -1.13. The molecule has 1 saturated carbocycles. The quantitative estimate of drug-likeness (QED) is 0.667. The van der Waals surface area contributed by atoms with Crippen molar-refractivity contribution < 1.29 is 14.6 Å². The number of thiophene rings is 1. The van der Waals surface area contributed by atoms with Crippen LogP contribution in [0.1, 0.15) is 92.7 Å². The van der Waals surface area contributed by atoms with E-state index in [0.29, 0.717) is 11.3 Å². The van der Waals surface area contributed by atoms with E-state index in [4.69, 9.17) is 4.74 Å². The maximum Gasteiger partial charge on any atom is 0.337 e. The van der Waals surface area contributed by atoms with E-state index in [1.807, 2.05) is 13.8 Å². The van der Waals surface area contributed by atoms with Crippen LogP contribution in [0.5, 0.6) is 0 Å². The molecule has 1 N–H and O–H groups in total. The zero-order valence-corrected chi connectivity index (χ0v) is 16.8. The monoisotopic (exact) mass is 362 g/mol. The van der Waals surface area contributed by atoms with Gasteiger partial charge in [-0.15, -0.1) is 11.3 Å². The van der Waals surface area contributed by atoms with Crippen LogP contribution in [0.2, 0.25) is 0 Å². The van der Waals surface area contributed by atoms with Crippen molar-refractivity contribution >= 4 is 22.9 Å². The second kappa shape index (κ2) is 6.88. The molecule has 2 aliphatic carbocycles. The molecule has 0 spiro atoms. The first kappa shape index (κ1) is 18.7. The van der Waals surface area contributed by atoms with Crippen molar-refractivity contribution in [2.75, 3.05) is 0 Å². The number of rotatable bonds is 6. The van der Waals surface area contributed by atoms with Crippen LogP contribution >= 0.6 is 11.3 Å². The predicted octanol–water partition coefficient (Wildman–Crippen LogP) is 6.08. The minimum atomic E-state index is -0.880. The van der Waals surface area contributed by atoms with Gasteiger partial charge in [0, 0.05) is 15.3 Å². The predicted molar refractivity (Wildman–Crippen MR) is 103 cm³/mol. The molecule has 0 amide bonds. The van der Waals surface area contributed by atoms with E-state index in [0.717, 1.165) is 29.7 Å². The number of allylic oxidation sites excluding steroid dienone is 2. The zero-order valence-electron chi connectivity index (χ0n) is 16.0. The summed E-state index contributed by atoms with van der Waals surface area (Å²) in [6.07, 6.45) is 7.08. The second-order valence-corrected chi connectivity index (χ2v) is 9.84. The van der Waals surface area contributed by atoms with Crippen LogP contribution in [-0.2, 0) is 9.53 Å². The van der Waals surface area contributed by atoms with Crippen molar-refractivity contribution in [2.45, 2.75) is 84.8 Å². The smallest absolute Gasteiger partial charge is 0.337 e. The lowest BCUT2D eigenvalue weighted by molar-refractivity contribution is -0.153. The SMILES string of the molecule is Cc1sc(C2CC2)c(C2=CCC(C)(C)CC2)c1C(OC(C)C)C(=O)O. The summed E-state index contributed by atoms with van der Waals surface area (Å²) in [7, 11) is 0. The maximum absolute atomic E-state index is 12.0. The summed E-state index contributed by atoms with van der Waals surface area (Å²) in [6.45, 7) is 10.5. The molecule has 1 aromatic heterocycles. The Morgan fingerprint density at radius 1 is 1.36 bits per heavy atom. The third kappa shape index (κ3) is 4.01. The van der Waals surface area contributed by atoms with Gasteiger partial charge in [0.05, 0.1) is 6.10 Å². The molecule has 1 fully saturated rings. The van der Waals surface area contributed by atoms with E-state index in [1.54, 1.807) is 11.3 Å². The van der Waals surface area contributed by atoms with Gasteiger partial charge in [-0.2, -0.15) is 0 Å². The van der Waals surface area contributed by atoms with Gasteiger partial charge in [-0.3, -0.25) is 0 Å². The van der Waals surface area contributed by atoms with Gasteiger partial charge in [-0.05, 0) is 75.3 Å². The average molecular weight is 363 g/mol. The van der Waals surface area contributed by atoms with Crippen molar-refractivity contribution in [3.63, 3.8) is 0 Å². The molecule has 3 rings (SSSR count). The fraction of sp³-hybridized carbons (Fsp3) is 0.667. The van der Waals surface area contributed by atoms with Crippen molar-refractivity contribution in [3.8, 4) is 0 Å². The minimum absolute atomic E-state index is 0.114. The van der Waals surface area contributed by atoms with Crippen LogP contribution in [0.4, 0.5) is 0 Å². The topological polar surface area (TPSA) is 46.5 Å². The van der Waals surface area contributed by atoms with Crippen molar-refractivity contribution in [1.82, 2.24) is 0 Å². The van der Waals surface area contributed by atoms with E-state index >= 15 is 0 Å². The average Bonchev–Trinajstić information content (AvgIpc) is 3.29. The number of carbonyl (C=O) groups is 1. The second-order valence-electron chi connectivity index (χ2n) is 8.59. The van der Waals surface area contributed by atoms with Gasteiger partial charge >= 0.3 is 5.97 Å². The Labute approximate surface area is 155 Å². The summed E-state index contributed by atoms with van der Waals surface area (Å²) in [6, 6.07) is 0. The van der Waals surface area contributed by atoms with Gasteiger partial charge in [0.1, 0.15) is 0 Å². The molecule has 1 heterocycles. The molecule has 2 aliphatic rings. The molecule has 0 aromatic carbocycles. The highest BCUT2D eigenvalue weighted by molar-refractivity contribution is 7.12. The van der Waals surface area contributed by atoms with Gasteiger partial charge in [-0.1, -0.05) is 19.9 Å². The molecule has 0 aliphatic heterocycles. The van der Waals surface area contributed by atoms with Crippen molar-refractivity contribution in [1.29, 1.82) is 0 Å². The largest absolute Gasteiger partial charge is 0.479 e. The molecule has 25 heavy (non-hydrogen) atoms. The summed E-state index contributed by atoms with van der Waals surface area (Å²) < 4.78 is 5.84. The summed E-state index contributed by atoms with van der Waals surface area (Å²) >= 11 is 1.79. The van der Waals surface area contributed by atoms with Gasteiger partial charge in [0.25, 0.3) is 0 Å². The Bertz CT molecular complexity index is 692. The number of carboxylic acids is 1. The number of aryl methyl sites for hydroxylation is 1. The summed E-state index contributed by atoms with van der Waals surface area (Å²) in [5.74, 6) is -0.258. The normalized spacial score (nSPS) is 21.3. The lowest BCUT2D eigenvalue weighted by Gasteiger charge is -2.30. The molecule has 1 unspecified atom stereocenters. The van der Waals surface area contributed by atoms with Gasteiger partial charge in [-0.25, -0.2) is 4.79 Å². The van der Waals surface area contributed by atoms with Gasteiger partial charge in [0.15, 0.2) is 6.10 Å². The van der Waals surface area contributed by atoms with Crippen LogP contribution in [0, 0.1) is 12.3 Å². The van der Waals surface area contributed by atoms with Crippen LogP contribution in [0.15, 0.2) is 6.08 Å². The molecule has 3 nitrogen and oxygen atoms in total. The van der Waals surface area contributed by atoms with Gasteiger partial charge < -0.3 is 9.84 Å². The third-order valence-electron chi connectivity index (χ3n) is 5.29. The fourth-order valence-electron chi connectivity index (χ4n) is 3.69. The van der Waals surface area contributed by atoms with E-state index < -0.39 is 12.1 Å². The molecule has 1 aromatic rings. The van der Waals surface area contributed by atoms with Crippen molar-refractivity contribution in [3.05, 3.63) is 27.0 Å². The van der Waals surface area contributed by atoms with Gasteiger partial charge in [0.2, 0.25) is 0 Å². The van der Waals surface area contributed by atoms with Crippen LogP contribution in [0.25, 0.3) is 5.57 Å². The van der Waals surface area contributed by atoms with E-state index in [-0.39, 0.29) is 6.10 Å². The van der Waals surface area contributed by atoms with Crippen LogP contribution in [-0.4, -0.2) is 17.2 Å². The Kier molecular flexibility index (Phi) is 5.13. The molecule has 4 heteroatoms. The molecular weight excluding hydrogens is 332 g/mol. The first-order valence-electron chi connectivity index (χ1n) is 9.40. The lowest BCUT2D eigenvalue weighted by Crippen LogP contribution is -2.21. The first-order chi connectivity index (χ1) is 11.7. The number of carboxylic acid groups (broad SMARTS) is 1.